The molecule has 0 N–H and O–H groups in total. The van der Waals surface area contributed by atoms with E-state index < -0.39 is 15.1 Å². The van der Waals surface area contributed by atoms with Crippen molar-refractivity contribution in [3.63, 3.8) is 0 Å². The molecular formula is C10H18O4S. The fraction of sp³-hybridized carbons (Fsp3) is 0.900. The van der Waals surface area contributed by atoms with Gasteiger partial charge in [0.05, 0.1) is 11.9 Å². The van der Waals surface area contributed by atoms with Gasteiger partial charge in [0.15, 0.2) is 15.6 Å². The van der Waals surface area contributed by atoms with E-state index in [1.54, 1.807) is 0 Å². The largest absolute Gasteiger partial charge is 0.371 e. The van der Waals surface area contributed by atoms with Crippen LogP contribution in [-0.2, 0) is 19.4 Å². The first-order chi connectivity index (χ1) is 6.93. The summed E-state index contributed by atoms with van der Waals surface area (Å²) in [5.74, 6) is -0.145. The Morgan fingerprint density at radius 1 is 1.40 bits per heavy atom. The number of hydrogen-bond acceptors (Lipinski definition) is 4. The van der Waals surface area contributed by atoms with Gasteiger partial charge in [-0.25, -0.2) is 8.42 Å². The van der Waals surface area contributed by atoms with Crippen molar-refractivity contribution < 1.29 is 17.9 Å². The molecule has 1 unspecified atom stereocenters. The summed E-state index contributed by atoms with van der Waals surface area (Å²) in [6.07, 6.45) is 1.91. The zero-order valence-electron chi connectivity index (χ0n) is 9.23. The zero-order valence-corrected chi connectivity index (χ0v) is 10.0. The molecule has 0 saturated carbocycles. The van der Waals surface area contributed by atoms with Crippen LogP contribution in [0.15, 0.2) is 0 Å². The van der Waals surface area contributed by atoms with E-state index in [4.69, 9.17) is 4.74 Å². The van der Waals surface area contributed by atoms with Crippen LogP contribution in [0.25, 0.3) is 0 Å². The second-order valence-corrected chi connectivity index (χ2v) is 6.48. The lowest BCUT2D eigenvalue weighted by Gasteiger charge is -2.21. The van der Waals surface area contributed by atoms with E-state index in [0.717, 1.165) is 6.42 Å². The van der Waals surface area contributed by atoms with Crippen molar-refractivity contribution in [3.8, 4) is 0 Å². The van der Waals surface area contributed by atoms with E-state index >= 15 is 0 Å². The molecule has 1 atom stereocenters. The third kappa shape index (κ3) is 3.57. The van der Waals surface area contributed by atoms with E-state index in [-0.39, 0.29) is 24.2 Å². The summed E-state index contributed by atoms with van der Waals surface area (Å²) in [6.45, 7) is 3.56. The maximum atomic E-state index is 11.6. The van der Waals surface area contributed by atoms with Gasteiger partial charge in [0.25, 0.3) is 0 Å². The number of sulfone groups is 1. The molecule has 88 valence electrons. The van der Waals surface area contributed by atoms with Crippen LogP contribution in [0.1, 0.15) is 33.1 Å². The van der Waals surface area contributed by atoms with Gasteiger partial charge >= 0.3 is 0 Å². The highest BCUT2D eigenvalue weighted by molar-refractivity contribution is 7.92. The van der Waals surface area contributed by atoms with Crippen LogP contribution in [0.2, 0.25) is 0 Å². The van der Waals surface area contributed by atoms with Crippen LogP contribution in [0.3, 0.4) is 0 Å². The fourth-order valence-corrected chi connectivity index (χ4v) is 3.54. The van der Waals surface area contributed by atoms with E-state index in [2.05, 4.69) is 0 Å². The van der Waals surface area contributed by atoms with Crippen molar-refractivity contribution in [1.82, 2.24) is 0 Å². The molecule has 4 nitrogen and oxygen atoms in total. The fourth-order valence-electron chi connectivity index (χ4n) is 1.66. The van der Waals surface area contributed by atoms with Crippen molar-refractivity contribution in [2.45, 2.75) is 44.5 Å². The predicted molar refractivity (Wildman–Crippen MR) is 57.5 cm³/mol. The highest BCUT2D eigenvalue weighted by Gasteiger charge is 2.34. The molecule has 5 heteroatoms. The Morgan fingerprint density at radius 2 is 2.07 bits per heavy atom. The summed E-state index contributed by atoms with van der Waals surface area (Å²) in [5, 5.41) is -0.815. The number of hydrogen-bond donors (Lipinski definition) is 0. The number of rotatable bonds is 4. The van der Waals surface area contributed by atoms with E-state index in [0.29, 0.717) is 12.8 Å². The zero-order chi connectivity index (χ0) is 11.5. The summed E-state index contributed by atoms with van der Waals surface area (Å²) < 4.78 is 28.3. The molecule has 1 heterocycles. The van der Waals surface area contributed by atoms with Crippen LogP contribution in [0, 0.1) is 0 Å². The standard InChI is InChI=1S/C10H18O4S/c1-8(2)14-7-9(11)10-5-3-4-6-15(10,12)13/h8,10H,3-7H2,1-2H3. The highest BCUT2D eigenvalue weighted by Crippen LogP contribution is 2.20. The van der Waals surface area contributed by atoms with Gasteiger partial charge in [-0.1, -0.05) is 6.42 Å². The van der Waals surface area contributed by atoms with E-state index in [1.165, 1.54) is 0 Å². The molecular weight excluding hydrogens is 216 g/mol. The van der Waals surface area contributed by atoms with Gasteiger partial charge in [-0.2, -0.15) is 0 Å². The lowest BCUT2D eigenvalue weighted by molar-refractivity contribution is -0.124. The minimum Gasteiger partial charge on any atom is -0.371 e. The summed E-state index contributed by atoms with van der Waals surface area (Å²) in [4.78, 5) is 11.6. The SMILES string of the molecule is CC(C)OCC(=O)C1CCCCS1(=O)=O. The first-order valence-corrected chi connectivity index (χ1v) is 7.01. The molecule has 0 spiro atoms. The highest BCUT2D eigenvalue weighted by atomic mass is 32.2. The van der Waals surface area contributed by atoms with Gasteiger partial charge < -0.3 is 4.74 Å². The Balaban J connectivity index is 2.58. The lowest BCUT2D eigenvalue weighted by Crippen LogP contribution is -2.37. The summed E-state index contributed by atoms with van der Waals surface area (Å²) in [7, 11) is -3.20. The summed E-state index contributed by atoms with van der Waals surface area (Å²) in [5.41, 5.74) is 0. The van der Waals surface area contributed by atoms with Crippen LogP contribution < -0.4 is 0 Å². The number of carbonyl (C=O) groups is 1. The Morgan fingerprint density at radius 3 is 2.60 bits per heavy atom. The average Bonchev–Trinajstić information content (AvgIpc) is 2.13. The van der Waals surface area contributed by atoms with Gasteiger partial charge in [-0.3, -0.25) is 4.79 Å². The van der Waals surface area contributed by atoms with E-state index in [9.17, 15) is 13.2 Å². The van der Waals surface area contributed by atoms with Crippen LogP contribution in [-0.4, -0.2) is 37.9 Å². The minimum absolute atomic E-state index is 0.0414. The van der Waals surface area contributed by atoms with Gasteiger partial charge in [0.1, 0.15) is 11.9 Å². The molecule has 1 rings (SSSR count). The molecule has 1 fully saturated rings. The maximum absolute atomic E-state index is 11.6. The molecule has 0 amide bonds. The number of ether oxygens (including phenoxy) is 1. The van der Waals surface area contributed by atoms with Gasteiger partial charge in [0.2, 0.25) is 0 Å². The maximum Gasteiger partial charge on any atom is 0.176 e. The molecule has 1 aliphatic heterocycles. The van der Waals surface area contributed by atoms with Crippen molar-refractivity contribution >= 4 is 15.6 Å². The third-order valence-electron chi connectivity index (χ3n) is 2.50. The number of Topliss-reactive ketones (excluding diaryl/α,β-unsaturated/α-hetero) is 1. The molecule has 0 radical (unpaired) electrons. The summed E-state index contributed by atoms with van der Waals surface area (Å²) in [6, 6.07) is 0. The van der Waals surface area contributed by atoms with Gasteiger partial charge in [0, 0.05) is 0 Å². The second kappa shape index (κ2) is 5.07. The van der Waals surface area contributed by atoms with Gasteiger partial charge in [-0.15, -0.1) is 0 Å². The Labute approximate surface area is 90.9 Å². The van der Waals surface area contributed by atoms with Crippen LogP contribution in [0.5, 0.6) is 0 Å². The normalized spacial score (nSPS) is 25.4. The number of ketones is 1. The van der Waals surface area contributed by atoms with Crippen molar-refractivity contribution in [2.75, 3.05) is 12.4 Å². The quantitative estimate of drug-likeness (QED) is 0.726. The van der Waals surface area contributed by atoms with Crippen molar-refractivity contribution in [2.24, 2.45) is 0 Å². The lowest BCUT2D eigenvalue weighted by atomic mass is 10.1. The third-order valence-corrected chi connectivity index (χ3v) is 4.72. The van der Waals surface area contributed by atoms with Crippen molar-refractivity contribution in [3.05, 3.63) is 0 Å². The Kier molecular flexibility index (Phi) is 4.28. The second-order valence-electron chi connectivity index (χ2n) is 4.18. The van der Waals surface area contributed by atoms with Crippen molar-refractivity contribution in [1.29, 1.82) is 0 Å². The first kappa shape index (κ1) is 12.6. The molecule has 0 aliphatic carbocycles. The van der Waals surface area contributed by atoms with E-state index in [1.807, 2.05) is 13.8 Å². The van der Waals surface area contributed by atoms with Crippen LogP contribution in [0.4, 0.5) is 0 Å². The molecule has 15 heavy (non-hydrogen) atoms. The Bertz CT molecular complexity index is 318. The summed E-state index contributed by atoms with van der Waals surface area (Å²) >= 11 is 0. The monoisotopic (exact) mass is 234 g/mol. The molecule has 0 bridgehead atoms. The van der Waals surface area contributed by atoms with Crippen LogP contribution >= 0.6 is 0 Å². The smallest absolute Gasteiger partial charge is 0.176 e. The average molecular weight is 234 g/mol. The molecule has 0 aromatic heterocycles. The topological polar surface area (TPSA) is 60.4 Å². The molecule has 0 aromatic rings. The molecule has 1 aliphatic rings. The Hall–Kier alpha value is -0.420. The van der Waals surface area contributed by atoms with Gasteiger partial charge in [-0.05, 0) is 26.7 Å². The predicted octanol–water partition coefficient (Wildman–Crippen LogP) is 0.948. The molecule has 0 aromatic carbocycles. The first-order valence-electron chi connectivity index (χ1n) is 5.29. The number of carbonyl (C=O) groups excluding carboxylic acids is 1. The molecule has 1 saturated heterocycles. The minimum atomic E-state index is -3.20.